The first-order valence-corrected chi connectivity index (χ1v) is 14.5. The molecule has 0 unspecified atom stereocenters. The van der Waals surface area contributed by atoms with Gasteiger partial charge in [0.05, 0.1) is 6.42 Å². The largest absolute Gasteiger partial charge is 0.679 e. The van der Waals surface area contributed by atoms with E-state index in [1.807, 2.05) is 48.2 Å². The smallest absolute Gasteiger partial charge is 0.171 e. The van der Waals surface area contributed by atoms with Gasteiger partial charge < -0.3 is 31.7 Å². The van der Waals surface area contributed by atoms with Gasteiger partial charge in [-0.05, 0) is 35.7 Å². The van der Waals surface area contributed by atoms with Gasteiger partial charge in [-0.3, -0.25) is 9.78 Å². The van der Waals surface area contributed by atoms with E-state index < -0.39 is 12.1 Å². The molecule has 0 aliphatic heterocycles. The van der Waals surface area contributed by atoms with Crippen LogP contribution < -0.4 is 10.4 Å². The van der Waals surface area contributed by atoms with Gasteiger partial charge in [0.1, 0.15) is 5.97 Å². The second-order valence-electron chi connectivity index (χ2n) is 6.28. The number of aliphatic carboxylic acids is 1. The molecule has 0 radical (unpaired) electrons. The molecule has 2 heterocycles. The number of alkyl halides is 3. The third kappa shape index (κ3) is 13.4. The van der Waals surface area contributed by atoms with Crippen molar-refractivity contribution in [3.8, 4) is 0 Å². The van der Waals surface area contributed by atoms with Gasteiger partial charge in [0, 0.05) is 36.0 Å². The molecular formula is C21H23BrF3N5O3Pt-3. The maximum atomic E-state index is 11.9. The number of H-pyrrole nitrogens is 1. The Bertz CT molecular complexity index is 973. The molecule has 13 heteroatoms. The number of hydrogen-bond donors (Lipinski definition) is 2. The van der Waals surface area contributed by atoms with Crippen molar-refractivity contribution in [3.63, 3.8) is 0 Å². The van der Waals surface area contributed by atoms with Crippen molar-refractivity contribution in [1.29, 1.82) is 0 Å². The van der Waals surface area contributed by atoms with Crippen LogP contribution in [0.25, 0.3) is 22.4 Å². The monoisotopic (exact) mass is 724 g/mol. The summed E-state index contributed by atoms with van der Waals surface area (Å²) in [5.41, 5.74) is 15.9. The Balaban J connectivity index is 0.000000700. The van der Waals surface area contributed by atoms with E-state index >= 15 is 0 Å². The average Bonchev–Trinajstić information content (AvgIpc) is 3.24. The number of fused-ring (bicyclic) bond motifs is 1. The molecule has 0 saturated carbocycles. The van der Waals surface area contributed by atoms with Crippen LogP contribution >= 0.6 is 13.3 Å². The van der Waals surface area contributed by atoms with Gasteiger partial charge in [0.2, 0.25) is 5.91 Å². The number of carbonyl (C=O) groups excluding carboxylic acids is 2. The maximum Gasteiger partial charge on any atom is -0.171 e. The second kappa shape index (κ2) is 18.1. The number of aromatic nitrogens is 2. The zero-order chi connectivity index (χ0) is 26.0. The van der Waals surface area contributed by atoms with Crippen LogP contribution in [0.1, 0.15) is 11.1 Å². The summed E-state index contributed by atoms with van der Waals surface area (Å²) in [7, 11) is 0. The van der Waals surface area contributed by atoms with Crippen molar-refractivity contribution in [2.45, 2.75) is 19.0 Å². The molecule has 0 spiro atoms. The van der Waals surface area contributed by atoms with E-state index in [-0.39, 0.29) is 19.0 Å². The number of carbonyl (C=O) groups is 2. The van der Waals surface area contributed by atoms with Crippen molar-refractivity contribution in [2.24, 2.45) is 0 Å². The first kappa shape index (κ1) is 31.7. The quantitative estimate of drug-likeness (QED) is 0.400. The Morgan fingerprint density at radius 1 is 1.09 bits per heavy atom. The molecule has 0 bridgehead atoms. The summed E-state index contributed by atoms with van der Waals surface area (Å²) < 4.78 is 31.5. The SMILES string of the molecule is O=C(Cc1ccncc1)NCCc1c[nH]c2ccccc12.O=C([O-])C(F)(F)F.[Br][Pt].[NH-]CC[NH-]. The Morgan fingerprint density at radius 2 is 1.65 bits per heavy atom. The minimum Gasteiger partial charge on any atom is -0.679 e. The minimum atomic E-state index is -5.19. The van der Waals surface area contributed by atoms with Crippen LogP contribution in [0.4, 0.5) is 13.2 Å². The van der Waals surface area contributed by atoms with E-state index in [2.05, 4.69) is 40.7 Å². The maximum absolute atomic E-state index is 11.9. The molecule has 34 heavy (non-hydrogen) atoms. The molecule has 0 aliphatic carbocycles. The Labute approximate surface area is 212 Å². The van der Waals surface area contributed by atoms with E-state index in [9.17, 15) is 18.0 Å². The fraction of sp³-hybridized carbons (Fsp3) is 0.286. The number of amides is 1. The Hall–Kier alpha value is -2.27. The fourth-order valence-electron chi connectivity index (χ4n) is 2.42. The number of aromatic amines is 1. The summed E-state index contributed by atoms with van der Waals surface area (Å²) in [6.45, 7) is 1.12. The summed E-state index contributed by atoms with van der Waals surface area (Å²) >= 11 is 4.86. The van der Waals surface area contributed by atoms with Crippen molar-refractivity contribution in [3.05, 3.63) is 77.6 Å². The minimum absolute atomic E-state index is 0.0426. The molecule has 0 atom stereocenters. The molecule has 3 rings (SSSR count). The predicted octanol–water partition coefficient (Wildman–Crippen LogP) is 3.70. The first-order valence-electron chi connectivity index (χ1n) is 9.59. The van der Waals surface area contributed by atoms with Crippen LogP contribution in [0.15, 0.2) is 55.0 Å². The van der Waals surface area contributed by atoms with Crippen LogP contribution in [-0.4, -0.2) is 47.7 Å². The predicted molar refractivity (Wildman–Crippen MR) is 121 cm³/mol. The van der Waals surface area contributed by atoms with Crippen molar-refractivity contribution in [1.82, 2.24) is 15.3 Å². The zero-order valence-electron chi connectivity index (χ0n) is 17.7. The normalized spacial score (nSPS) is 10.0. The number of carboxylic acids is 1. The topological polar surface area (TPSA) is 146 Å². The van der Waals surface area contributed by atoms with Gasteiger partial charge in [0.25, 0.3) is 0 Å². The molecule has 0 saturated heterocycles. The number of rotatable bonds is 6. The van der Waals surface area contributed by atoms with Gasteiger partial charge in [-0.2, -0.15) is 26.3 Å². The van der Waals surface area contributed by atoms with Crippen LogP contribution in [0.3, 0.4) is 0 Å². The fourth-order valence-corrected chi connectivity index (χ4v) is 2.42. The van der Waals surface area contributed by atoms with Crippen molar-refractivity contribution >= 4 is 36.1 Å². The number of pyridine rings is 1. The van der Waals surface area contributed by atoms with Crippen LogP contribution in [-0.2, 0) is 40.2 Å². The number of benzene rings is 1. The Morgan fingerprint density at radius 3 is 2.18 bits per heavy atom. The molecule has 1 amide bonds. The van der Waals surface area contributed by atoms with Crippen LogP contribution in [0, 0.1) is 0 Å². The average molecular weight is 725 g/mol. The standard InChI is InChI=1S/C17H17N3O.C2HF3O2.C2H6N2.BrH.Pt/c21-17(11-13-5-8-18-9-6-13)19-10-7-14-12-20-16-4-2-1-3-15(14)16;3-2(4,5)1(6)7;3-1-2-4;;/h1-6,8-9,12,20H,7,10-11H2,(H,19,21);(H,6,7);3-4H,1-2H2;1H;/q;;-2;;+1/p-2. The van der Waals surface area contributed by atoms with E-state index in [4.69, 9.17) is 21.4 Å². The number of nitrogens with zero attached hydrogens (tertiary/aromatic N) is 1. The van der Waals surface area contributed by atoms with E-state index in [0.29, 0.717) is 13.0 Å². The summed E-state index contributed by atoms with van der Waals surface area (Å²) in [6, 6.07) is 11.9. The molecule has 8 nitrogen and oxygen atoms in total. The van der Waals surface area contributed by atoms with Crippen LogP contribution in [0.2, 0.25) is 0 Å². The third-order valence-electron chi connectivity index (χ3n) is 3.86. The summed E-state index contributed by atoms with van der Waals surface area (Å²) in [6.07, 6.45) is 1.45. The molecule has 4 N–H and O–H groups in total. The first-order chi connectivity index (χ1) is 16.2. The third-order valence-corrected chi connectivity index (χ3v) is 3.86. The molecule has 0 fully saturated rings. The second-order valence-corrected chi connectivity index (χ2v) is 6.28. The summed E-state index contributed by atoms with van der Waals surface area (Å²) in [5, 5.41) is 13.0. The molecule has 1 aromatic carbocycles. The summed E-state index contributed by atoms with van der Waals surface area (Å²) in [4.78, 5) is 27.8. The number of halogens is 4. The van der Waals surface area contributed by atoms with Crippen molar-refractivity contribution < 1.29 is 45.6 Å². The van der Waals surface area contributed by atoms with Crippen molar-refractivity contribution in [2.75, 3.05) is 19.6 Å². The number of carboxylic acid groups (broad SMARTS) is 1. The molecule has 2 aromatic heterocycles. The van der Waals surface area contributed by atoms with E-state index in [1.165, 1.54) is 10.9 Å². The van der Waals surface area contributed by atoms with Gasteiger partial charge in [-0.25, -0.2) is 0 Å². The number of nitrogens with one attached hydrogen (secondary N) is 4. The van der Waals surface area contributed by atoms with Gasteiger partial charge in [-0.15, -0.1) is 0 Å². The number of para-hydroxylation sites is 1. The van der Waals surface area contributed by atoms with E-state index in [1.54, 1.807) is 12.4 Å². The molecule has 191 valence electrons. The van der Waals surface area contributed by atoms with Crippen LogP contribution in [0.5, 0.6) is 0 Å². The molecular weight excluding hydrogens is 702 g/mol. The van der Waals surface area contributed by atoms with Gasteiger partial charge in [-0.1, -0.05) is 18.2 Å². The Kier molecular flexibility index (Phi) is 16.9. The van der Waals surface area contributed by atoms with Gasteiger partial charge in [0.15, 0.2) is 0 Å². The molecule has 0 aliphatic rings. The zero-order valence-corrected chi connectivity index (χ0v) is 21.6. The summed E-state index contributed by atoms with van der Waals surface area (Å²) in [5.74, 6) is -2.96. The molecule has 3 aromatic rings. The van der Waals surface area contributed by atoms with Gasteiger partial charge >= 0.3 is 37.2 Å². The number of hydrogen-bond acceptors (Lipinski definition) is 4. The van der Waals surface area contributed by atoms with E-state index in [0.717, 1.165) is 17.5 Å².